The Bertz CT molecular complexity index is 571. The molecule has 0 fully saturated rings. The van der Waals surface area contributed by atoms with E-state index in [1.807, 2.05) is 0 Å². The van der Waals surface area contributed by atoms with E-state index in [1.54, 1.807) is 0 Å². The zero-order valence-corrected chi connectivity index (χ0v) is 12.0. The lowest BCUT2D eigenvalue weighted by Crippen LogP contribution is -2.19. The molecule has 2 aromatic rings. The van der Waals surface area contributed by atoms with Crippen LogP contribution in [0.4, 0.5) is 0 Å². The van der Waals surface area contributed by atoms with Crippen molar-refractivity contribution in [2.45, 2.75) is 44.6 Å². The molecule has 0 aliphatic heterocycles. The molecule has 0 heterocycles. The highest BCUT2D eigenvalue weighted by molar-refractivity contribution is 5.36. The molecule has 2 unspecified atom stereocenters. The van der Waals surface area contributed by atoms with Crippen molar-refractivity contribution in [3.05, 3.63) is 70.8 Å². The van der Waals surface area contributed by atoms with Gasteiger partial charge in [-0.1, -0.05) is 55.5 Å². The maximum atomic E-state index is 10.6. The minimum absolute atomic E-state index is 0.272. The summed E-state index contributed by atoms with van der Waals surface area (Å²) in [5.41, 5.74) is 5.36. The third-order valence-electron chi connectivity index (χ3n) is 4.52. The molecule has 2 atom stereocenters. The van der Waals surface area contributed by atoms with Crippen molar-refractivity contribution in [1.82, 2.24) is 0 Å². The molecular formula is C19H22O. The molecule has 20 heavy (non-hydrogen) atoms. The van der Waals surface area contributed by atoms with Crippen molar-refractivity contribution >= 4 is 0 Å². The van der Waals surface area contributed by atoms with Crippen LogP contribution in [0.1, 0.15) is 41.5 Å². The first kappa shape index (κ1) is 13.4. The average molecular weight is 266 g/mol. The molecule has 3 rings (SSSR count). The lowest BCUT2D eigenvalue weighted by molar-refractivity contribution is 0.143. The molecule has 1 aliphatic carbocycles. The molecule has 1 heteroatoms. The van der Waals surface area contributed by atoms with Gasteiger partial charge in [0, 0.05) is 5.92 Å². The standard InChI is InChI=1S/C19H22O/c1-2-14-7-9-15(10-8-14)13-19(20)18-12-11-16-5-3-4-6-17(16)18/h3-10,18-20H,2,11-13H2,1H3. The molecule has 0 saturated heterocycles. The number of hydrogen-bond donors (Lipinski definition) is 1. The van der Waals surface area contributed by atoms with Crippen molar-refractivity contribution < 1.29 is 5.11 Å². The van der Waals surface area contributed by atoms with E-state index in [0.717, 1.165) is 25.7 Å². The smallest absolute Gasteiger partial charge is 0.0649 e. The van der Waals surface area contributed by atoms with Gasteiger partial charge in [0.15, 0.2) is 0 Å². The minimum atomic E-state index is -0.272. The summed E-state index contributed by atoms with van der Waals surface area (Å²) in [6, 6.07) is 17.2. The molecular weight excluding hydrogens is 244 g/mol. The summed E-state index contributed by atoms with van der Waals surface area (Å²) in [6.45, 7) is 2.17. The van der Waals surface area contributed by atoms with Crippen molar-refractivity contribution in [1.29, 1.82) is 0 Å². The number of aliphatic hydroxyl groups excluding tert-OH is 1. The number of fused-ring (bicyclic) bond motifs is 1. The number of rotatable bonds is 4. The summed E-state index contributed by atoms with van der Waals surface area (Å²) in [4.78, 5) is 0. The van der Waals surface area contributed by atoms with Gasteiger partial charge in [0.25, 0.3) is 0 Å². The highest BCUT2D eigenvalue weighted by Gasteiger charge is 2.28. The van der Waals surface area contributed by atoms with Gasteiger partial charge in [-0.15, -0.1) is 0 Å². The molecule has 1 aliphatic rings. The fourth-order valence-electron chi connectivity index (χ4n) is 3.28. The quantitative estimate of drug-likeness (QED) is 0.890. The van der Waals surface area contributed by atoms with Gasteiger partial charge < -0.3 is 5.11 Å². The van der Waals surface area contributed by atoms with Crippen LogP contribution in [0.25, 0.3) is 0 Å². The third-order valence-corrected chi connectivity index (χ3v) is 4.52. The van der Waals surface area contributed by atoms with Crippen molar-refractivity contribution in [3.63, 3.8) is 0 Å². The van der Waals surface area contributed by atoms with Gasteiger partial charge in [-0.2, -0.15) is 0 Å². The fraction of sp³-hybridized carbons (Fsp3) is 0.368. The normalized spacial score (nSPS) is 18.8. The minimum Gasteiger partial charge on any atom is -0.392 e. The molecule has 0 radical (unpaired) electrons. The van der Waals surface area contributed by atoms with Crippen LogP contribution in [-0.4, -0.2) is 11.2 Å². The maximum Gasteiger partial charge on any atom is 0.0649 e. The highest BCUT2D eigenvalue weighted by atomic mass is 16.3. The van der Waals surface area contributed by atoms with Gasteiger partial charge >= 0.3 is 0 Å². The molecule has 1 N–H and O–H groups in total. The molecule has 104 valence electrons. The Morgan fingerprint density at radius 2 is 1.75 bits per heavy atom. The van der Waals surface area contributed by atoms with Crippen LogP contribution >= 0.6 is 0 Å². The Balaban J connectivity index is 1.72. The van der Waals surface area contributed by atoms with Gasteiger partial charge in [0.2, 0.25) is 0 Å². The van der Waals surface area contributed by atoms with E-state index in [4.69, 9.17) is 0 Å². The lowest BCUT2D eigenvalue weighted by Gasteiger charge is -2.19. The second-order valence-electron chi connectivity index (χ2n) is 5.79. The number of hydrogen-bond acceptors (Lipinski definition) is 1. The van der Waals surface area contributed by atoms with Crippen molar-refractivity contribution in [2.75, 3.05) is 0 Å². The van der Waals surface area contributed by atoms with E-state index in [0.29, 0.717) is 5.92 Å². The van der Waals surface area contributed by atoms with Crippen LogP contribution in [0.2, 0.25) is 0 Å². The van der Waals surface area contributed by atoms with Gasteiger partial charge in [-0.3, -0.25) is 0 Å². The summed E-state index contributed by atoms with van der Waals surface area (Å²) < 4.78 is 0. The molecule has 1 nitrogen and oxygen atoms in total. The summed E-state index contributed by atoms with van der Waals surface area (Å²) in [7, 11) is 0. The van der Waals surface area contributed by atoms with Crippen LogP contribution < -0.4 is 0 Å². The summed E-state index contributed by atoms with van der Waals surface area (Å²) in [5.74, 6) is 0.303. The summed E-state index contributed by atoms with van der Waals surface area (Å²) in [5, 5.41) is 10.6. The third kappa shape index (κ3) is 2.64. The number of aliphatic hydroxyl groups is 1. The van der Waals surface area contributed by atoms with E-state index in [2.05, 4.69) is 55.5 Å². The van der Waals surface area contributed by atoms with E-state index in [9.17, 15) is 5.11 Å². The molecule has 0 spiro atoms. The Labute approximate surface area is 121 Å². The molecule has 0 saturated carbocycles. The topological polar surface area (TPSA) is 20.2 Å². The van der Waals surface area contributed by atoms with E-state index in [1.165, 1.54) is 22.3 Å². The van der Waals surface area contributed by atoms with Crippen LogP contribution in [0, 0.1) is 0 Å². The SMILES string of the molecule is CCc1ccc(CC(O)C2CCc3ccccc32)cc1. The Kier molecular flexibility index (Phi) is 3.88. The first-order valence-corrected chi connectivity index (χ1v) is 7.61. The van der Waals surface area contributed by atoms with E-state index >= 15 is 0 Å². The Morgan fingerprint density at radius 1 is 1.05 bits per heavy atom. The molecule has 2 aromatic carbocycles. The molecule has 0 bridgehead atoms. The maximum absolute atomic E-state index is 10.6. The second-order valence-corrected chi connectivity index (χ2v) is 5.79. The zero-order valence-electron chi connectivity index (χ0n) is 12.0. The second kappa shape index (κ2) is 5.80. The first-order valence-electron chi connectivity index (χ1n) is 7.61. The molecule has 0 aromatic heterocycles. The summed E-state index contributed by atoms with van der Waals surface area (Å²) >= 11 is 0. The summed E-state index contributed by atoms with van der Waals surface area (Å²) in [6.07, 6.45) is 3.73. The largest absolute Gasteiger partial charge is 0.392 e. The van der Waals surface area contributed by atoms with Crippen molar-refractivity contribution in [3.8, 4) is 0 Å². The van der Waals surface area contributed by atoms with Crippen LogP contribution in [0.5, 0.6) is 0 Å². The number of benzene rings is 2. The number of aryl methyl sites for hydroxylation is 2. The predicted octanol–water partition coefficient (Wildman–Crippen LogP) is 3.88. The first-order chi connectivity index (χ1) is 9.78. The van der Waals surface area contributed by atoms with Crippen LogP contribution in [0.15, 0.2) is 48.5 Å². The average Bonchev–Trinajstić information content (AvgIpc) is 2.92. The van der Waals surface area contributed by atoms with Gasteiger partial charge in [-0.05, 0) is 47.9 Å². The Morgan fingerprint density at radius 3 is 2.50 bits per heavy atom. The van der Waals surface area contributed by atoms with Crippen LogP contribution in [-0.2, 0) is 19.3 Å². The Hall–Kier alpha value is -1.60. The van der Waals surface area contributed by atoms with Gasteiger partial charge in [0.1, 0.15) is 0 Å². The van der Waals surface area contributed by atoms with Crippen molar-refractivity contribution in [2.24, 2.45) is 0 Å². The van der Waals surface area contributed by atoms with E-state index in [-0.39, 0.29) is 6.10 Å². The van der Waals surface area contributed by atoms with Crippen LogP contribution in [0.3, 0.4) is 0 Å². The lowest BCUT2D eigenvalue weighted by atomic mass is 9.91. The monoisotopic (exact) mass is 266 g/mol. The van der Waals surface area contributed by atoms with E-state index < -0.39 is 0 Å². The molecule has 0 amide bonds. The highest BCUT2D eigenvalue weighted by Crippen LogP contribution is 2.36. The zero-order chi connectivity index (χ0) is 13.9. The fourth-order valence-corrected chi connectivity index (χ4v) is 3.28. The predicted molar refractivity (Wildman–Crippen MR) is 83.0 cm³/mol. The van der Waals surface area contributed by atoms with Gasteiger partial charge in [0.05, 0.1) is 6.10 Å². The van der Waals surface area contributed by atoms with Gasteiger partial charge in [-0.25, -0.2) is 0 Å².